The molecular formula is C11H19NS. The Labute approximate surface area is 85.9 Å². The first-order chi connectivity index (χ1) is 5.97. The van der Waals surface area contributed by atoms with E-state index in [1.807, 2.05) is 11.8 Å². The Kier molecular flexibility index (Phi) is 3.29. The molecule has 0 aromatic heterocycles. The maximum atomic E-state index is 9.25. The van der Waals surface area contributed by atoms with Crippen molar-refractivity contribution in [1.82, 2.24) is 0 Å². The Morgan fingerprint density at radius 1 is 1.31 bits per heavy atom. The van der Waals surface area contributed by atoms with Crippen LogP contribution in [-0.2, 0) is 0 Å². The molecule has 1 nitrogen and oxygen atoms in total. The van der Waals surface area contributed by atoms with Crippen LogP contribution in [0.15, 0.2) is 0 Å². The van der Waals surface area contributed by atoms with Crippen molar-refractivity contribution < 1.29 is 0 Å². The van der Waals surface area contributed by atoms with Gasteiger partial charge >= 0.3 is 0 Å². The van der Waals surface area contributed by atoms with E-state index in [-0.39, 0.29) is 10.8 Å². The predicted octanol–water partition coefficient (Wildman–Crippen LogP) is 3.46. The summed E-state index contributed by atoms with van der Waals surface area (Å²) in [6.45, 7) is 6.69. The Balaban J connectivity index is 2.65. The summed E-state index contributed by atoms with van der Waals surface area (Å²) < 4.78 is 0. The Morgan fingerprint density at radius 2 is 1.85 bits per heavy atom. The van der Waals surface area contributed by atoms with Crippen molar-refractivity contribution in [2.24, 2.45) is 10.8 Å². The van der Waals surface area contributed by atoms with E-state index in [1.165, 1.54) is 11.5 Å². The zero-order valence-electron chi connectivity index (χ0n) is 8.89. The lowest BCUT2D eigenvalue weighted by Gasteiger charge is -2.35. The van der Waals surface area contributed by atoms with Gasteiger partial charge in [0.15, 0.2) is 0 Å². The molecule has 0 saturated carbocycles. The molecule has 1 rings (SSSR count). The molecule has 1 aliphatic rings. The zero-order valence-corrected chi connectivity index (χ0v) is 9.71. The second kappa shape index (κ2) is 3.92. The zero-order chi connectivity index (χ0) is 9.95. The first-order valence-electron chi connectivity index (χ1n) is 4.97. The molecule has 0 unspecified atom stereocenters. The van der Waals surface area contributed by atoms with Crippen LogP contribution < -0.4 is 0 Å². The highest BCUT2D eigenvalue weighted by molar-refractivity contribution is 7.99. The highest BCUT2D eigenvalue weighted by Crippen LogP contribution is 2.43. The van der Waals surface area contributed by atoms with Crippen LogP contribution in [-0.4, -0.2) is 11.5 Å². The average molecular weight is 197 g/mol. The van der Waals surface area contributed by atoms with Crippen molar-refractivity contribution in [3.05, 3.63) is 0 Å². The van der Waals surface area contributed by atoms with Crippen molar-refractivity contribution in [3.63, 3.8) is 0 Å². The van der Waals surface area contributed by atoms with E-state index < -0.39 is 0 Å². The molecule has 0 atom stereocenters. The third-order valence-electron chi connectivity index (χ3n) is 2.56. The largest absolute Gasteiger partial charge is 0.198 e. The van der Waals surface area contributed by atoms with Gasteiger partial charge in [0.05, 0.1) is 11.5 Å². The molecule has 2 heteroatoms. The van der Waals surface area contributed by atoms with Gasteiger partial charge in [-0.05, 0) is 36.2 Å². The fraction of sp³-hybridized carbons (Fsp3) is 0.909. The molecule has 0 spiro atoms. The maximum absolute atomic E-state index is 9.25. The van der Waals surface area contributed by atoms with E-state index in [4.69, 9.17) is 0 Å². The van der Waals surface area contributed by atoms with Crippen molar-refractivity contribution >= 4 is 11.8 Å². The van der Waals surface area contributed by atoms with Crippen LogP contribution in [0.2, 0.25) is 0 Å². The maximum Gasteiger partial charge on any atom is 0.0690 e. The second-order valence-corrected chi connectivity index (χ2v) is 6.47. The lowest BCUT2D eigenvalue weighted by atomic mass is 9.71. The fourth-order valence-corrected chi connectivity index (χ4v) is 3.38. The van der Waals surface area contributed by atoms with Crippen LogP contribution in [0.25, 0.3) is 0 Å². The predicted molar refractivity (Wildman–Crippen MR) is 58.7 cm³/mol. The van der Waals surface area contributed by atoms with Crippen LogP contribution in [0.3, 0.4) is 0 Å². The number of rotatable bonds is 1. The molecule has 0 amide bonds. The highest BCUT2D eigenvalue weighted by atomic mass is 32.2. The van der Waals surface area contributed by atoms with Gasteiger partial charge in [-0.2, -0.15) is 17.0 Å². The van der Waals surface area contributed by atoms with Gasteiger partial charge in [0.2, 0.25) is 0 Å². The Hall–Kier alpha value is -0.160. The summed E-state index contributed by atoms with van der Waals surface area (Å²) >= 11 is 1.99. The molecule has 1 fully saturated rings. The summed E-state index contributed by atoms with van der Waals surface area (Å²) in [6.07, 6.45) is 3.23. The van der Waals surface area contributed by atoms with E-state index in [2.05, 4.69) is 26.8 Å². The molecule has 1 heterocycles. The minimum Gasteiger partial charge on any atom is -0.198 e. The Bertz CT molecular complexity index is 203. The molecule has 0 aliphatic carbocycles. The van der Waals surface area contributed by atoms with E-state index in [0.29, 0.717) is 0 Å². The number of thioether (sulfide) groups is 1. The summed E-state index contributed by atoms with van der Waals surface area (Å²) in [5.41, 5.74) is 0.279. The van der Waals surface area contributed by atoms with Crippen molar-refractivity contribution in [3.8, 4) is 6.07 Å². The van der Waals surface area contributed by atoms with Gasteiger partial charge in [0.1, 0.15) is 0 Å². The summed E-state index contributed by atoms with van der Waals surface area (Å²) in [7, 11) is 0. The molecule has 0 N–H and O–H groups in total. The normalized spacial score (nSPS) is 22.3. The highest BCUT2D eigenvalue weighted by Gasteiger charge is 2.35. The van der Waals surface area contributed by atoms with Crippen LogP contribution in [0, 0.1) is 22.2 Å². The smallest absolute Gasteiger partial charge is 0.0690 e. The summed E-state index contributed by atoms with van der Waals surface area (Å²) in [4.78, 5) is 0. The quantitative estimate of drug-likeness (QED) is 0.643. The second-order valence-electron chi connectivity index (χ2n) is 5.24. The minimum atomic E-state index is -0.0104. The molecule has 1 saturated heterocycles. The van der Waals surface area contributed by atoms with Crippen LogP contribution >= 0.6 is 11.8 Å². The fourth-order valence-electron chi connectivity index (χ4n) is 2.11. The summed E-state index contributed by atoms with van der Waals surface area (Å²) in [6, 6.07) is 2.56. The Morgan fingerprint density at radius 3 is 2.23 bits per heavy atom. The van der Waals surface area contributed by atoms with Gasteiger partial charge < -0.3 is 0 Å². The van der Waals surface area contributed by atoms with Gasteiger partial charge in [-0.25, -0.2) is 0 Å². The van der Waals surface area contributed by atoms with Crippen LogP contribution in [0.1, 0.15) is 40.0 Å². The van der Waals surface area contributed by atoms with Crippen molar-refractivity contribution in [2.75, 3.05) is 11.5 Å². The minimum absolute atomic E-state index is 0.0104. The van der Waals surface area contributed by atoms with E-state index in [0.717, 1.165) is 19.3 Å². The monoisotopic (exact) mass is 197 g/mol. The van der Waals surface area contributed by atoms with Gasteiger partial charge in [0, 0.05) is 0 Å². The van der Waals surface area contributed by atoms with Gasteiger partial charge in [-0.1, -0.05) is 20.8 Å². The molecule has 74 valence electrons. The van der Waals surface area contributed by atoms with Gasteiger partial charge in [0.25, 0.3) is 0 Å². The number of hydrogen-bond acceptors (Lipinski definition) is 2. The standard InChI is InChI=1S/C11H19NS/c1-10(2,3)8-11(9-12)4-6-13-7-5-11/h4-8H2,1-3H3. The number of hydrogen-bond donors (Lipinski definition) is 0. The lowest BCUT2D eigenvalue weighted by Crippen LogP contribution is -2.29. The van der Waals surface area contributed by atoms with E-state index in [1.54, 1.807) is 0 Å². The third kappa shape index (κ3) is 3.23. The molecule has 0 bridgehead atoms. The molecule has 0 aromatic rings. The van der Waals surface area contributed by atoms with Crippen molar-refractivity contribution in [2.45, 2.75) is 40.0 Å². The third-order valence-corrected chi connectivity index (χ3v) is 3.54. The molecule has 0 aromatic carbocycles. The van der Waals surface area contributed by atoms with Crippen molar-refractivity contribution in [1.29, 1.82) is 5.26 Å². The van der Waals surface area contributed by atoms with E-state index >= 15 is 0 Å². The van der Waals surface area contributed by atoms with Crippen LogP contribution in [0.5, 0.6) is 0 Å². The molecular weight excluding hydrogens is 178 g/mol. The average Bonchev–Trinajstić information content (AvgIpc) is 2.03. The summed E-state index contributed by atoms with van der Waals surface area (Å²) in [5, 5.41) is 9.25. The van der Waals surface area contributed by atoms with Crippen LogP contribution in [0.4, 0.5) is 0 Å². The van der Waals surface area contributed by atoms with Gasteiger partial charge in [-0.3, -0.25) is 0 Å². The van der Waals surface area contributed by atoms with Gasteiger partial charge in [-0.15, -0.1) is 0 Å². The number of nitriles is 1. The molecule has 0 radical (unpaired) electrons. The number of nitrogens with zero attached hydrogens (tertiary/aromatic N) is 1. The first-order valence-corrected chi connectivity index (χ1v) is 6.12. The van der Waals surface area contributed by atoms with E-state index in [9.17, 15) is 5.26 Å². The SMILES string of the molecule is CC(C)(C)CC1(C#N)CCSCC1. The topological polar surface area (TPSA) is 23.8 Å². The molecule has 13 heavy (non-hydrogen) atoms. The lowest BCUT2D eigenvalue weighted by molar-refractivity contribution is 0.217. The first kappa shape index (κ1) is 10.9. The molecule has 1 aliphatic heterocycles. The summed E-state index contributed by atoms with van der Waals surface area (Å²) in [5.74, 6) is 2.34.